The molecule has 0 saturated carbocycles. The van der Waals surface area contributed by atoms with E-state index in [1.165, 1.54) is 18.4 Å². The summed E-state index contributed by atoms with van der Waals surface area (Å²) < 4.78 is 0. The Morgan fingerprint density at radius 3 is 2.75 bits per heavy atom. The molecule has 0 aromatic heterocycles. The molecule has 1 heterocycles. The molecule has 1 unspecified atom stereocenters. The van der Waals surface area contributed by atoms with Crippen LogP contribution in [0.4, 0.5) is 0 Å². The second-order valence-electron chi connectivity index (χ2n) is 7.44. The molecule has 0 aliphatic carbocycles. The number of likely N-dealkylation sites (N-methyl/N-ethyl adjacent to an activating group) is 1. The molecular formula is C20H33N3O. The van der Waals surface area contributed by atoms with Gasteiger partial charge in [0.15, 0.2) is 0 Å². The Morgan fingerprint density at radius 1 is 1.25 bits per heavy atom. The van der Waals surface area contributed by atoms with Gasteiger partial charge in [-0.2, -0.15) is 0 Å². The summed E-state index contributed by atoms with van der Waals surface area (Å²) >= 11 is 0. The number of aryl methyl sites for hydroxylation is 1. The van der Waals surface area contributed by atoms with Crippen LogP contribution in [0.25, 0.3) is 0 Å². The number of piperidine rings is 1. The minimum Gasteiger partial charge on any atom is -0.341 e. The average molecular weight is 332 g/mol. The average Bonchev–Trinajstić information content (AvgIpc) is 2.54. The van der Waals surface area contributed by atoms with Crippen molar-refractivity contribution in [3.63, 3.8) is 0 Å². The van der Waals surface area contributed by atoms with Gasteiger partial charge < -0.3 is 14.7 Å². The second kappa shape index (κ2) is 9.19. The van der Waals surface area contributed by atoms with Gasteiger partial charge in [-0.25, -0.2) is 0 Å². The molecule has 0 radical (unpaired) electrons. The lowest BCUT2D eigenvalue weighted by atomic mass is 10.0. The molecule has 1 aliphatic heterocycles. The van der Waals surface area contributed by atoms with E-state index in [2.05, 4.69) is 61.0 Å². The van der Waals surface area contributed by atoms with Crippen LogP contribution in [0.1, 0.15) is 30.4 Å². The Kier molecular flexibility index (Phi) is 7.25. The summed E-state index contributed by atoms with van der Waals surface area (Å²) in [6.07, 6.45) is 4.02. The zero-order valence-corrected chi connectivity index (χ0v) is 15.8. The number of likely N-dealkylation sites (tertiary alicyclic amines) is 1. The van der Waals surface area contributed by atoms with Gasteiger partial charge in [0, 0.05) is 19.1 Å². The number of benzene rings is 1. The fourth-order valence-corrected chi connectivity index (χ4v) is 3.47. The highest BCUT2D eigenvalue weighted by Gasteiger charge is 2.26. The van der Waals surface area contributed by atoms with Crippen molar-refractivity contribution in [3.05, 3.63) is 35.4 Å². The van der Waals surface area contributed by atoms with Gasteiger partial charge in [-0.05, 0) is 66.0 Å². The maximum Gasteiger partial charge on any atom is 0.227 e. The van der Waals surface area contributed by atoms with E-state index in [1.54, 1.807) is 0 Å². The Bertz CT molecular complexity index is 529. The van der Waals surface area contributed by atoms with E-state index >= 15 is 0 Å². The molecule has 1 atom stereocenters. The third-order valence-corrected chi connectivity index (χ3v) is 4.93. The van der Waals surface area contributed by atoms with E-state index in [9.17, 15) is 4.79 Å². The maximum absolute atomic E-state index is 12.7. The van der Waals surface area contributed by atoms with Crippen LogP contribution in [0.2, 0.25) is 0 Å². The molecule has 134 valence electrons. The molecule has 1 aliphatic rings. The van der Waals surface area contributed by atoms with Gasteiger partial charge in [-0.15, -0.1) is 0 Å². The predicted octanol–water partition coefficient (Wildman–Crippen LogP) is 2.41. The number of hydrogen-bond acceptors (Lipinski definition) is 3. The molecule has 0 spiro atoms. The van der Waals surface area contributed by atoms with E-state index in [-0.39, 0.29) is 5.91 Å². The molecule has 1 fully saturated rings. The van der Waals surface area contributed by atoms with Gasteiger partial charge in [0.1, 0.15) is 0 Å². The molecule has 2 rings (SSSR count). The third-order valence-electron chi connectivity index (χ3n) is 4.93. The van der Waals surface area contributed by atoms with Gasteiger partial charge in [-0.1, -0.05) is 29.8 Å². The molecular weight excluding hydrogens is 298 g/mol. The van der Waals surface area contributed by atoms with Crippen LogP contribution in [0.3, 0.4) is 0 Å². The van der Waals surface area contributed by atoms with E-state index in [1.807, 2.05) is 6.07 Å². The zero-order valence-electron chi connectivity index (χ0n) is 15.8. The van der Waals surface area contributed by atoms with Crippen molar-refractivity contribution in [2.45, 2.75) is 38.6 Å². The predicted molar refractivity (Wildman–Crippen MR) is 100 cm³/mol. The van der Waals surface area contributed by atoms with Crippen LogP contribution in [0, 0.1) is 6.92 Å². The topological polar surface area (TPSA) is 26.8 Å². The minimum atomic E-state index is 0.270. The number of hydrogen-bond donors (Lipinski definition) is 0. The summed E-state index contributed by atoms with van der Waals surface area (Å²) in [7, 11) is 6.44. The molecule has 4 heteroatoms. The molecule has 1 aromatic carbocycles. The molecule has 0 N–H and O–H groups in total. The first kappa shape index (κ1) is 18.9. The van der Waals surface area contributed by atoms with E-state index in [4.69, 9.17) is 0 Å². The van der Waals surface area contributed by atoms with Crippen LogP contribution in [0.5, 0.6) is 0 Å². The van der Waals surface area contributed by atoms with Crippen LogP contribution >= 0.6 is 0 Å². The fraction of sp³-hybridized carbons (Fsp3) is 0.650. The van der Waals surface area contributed by atoms with Crippen molar-refractivity contribution in [2.24, 2.45) is 0 Å². The van der Waals surface area contributed by atoms with Gasteiger partial charge in [0.2, 0.25) is 5.91 Å². The Labute approximate surface area is 147 Å². The molecule has 24 heavy (non-hydrogen) atoms. The van der Waals surface area contributed by atoms with Crippen LogP contribution in [-0.4, -0.2) is 74.0 Å². The largest absolute Gasteiger partial charge is 0.341 e. The standard InChI is InChI=1S/C20H33N3O/c1-17-8-5-9-18(14-17)15-20(24)23-13-6-10-19(16-23)22(4)12-7-11-21(2)3/h5,8-9,14,19H,6-7,10-13,15-16H2,1-4H3. The highest BCUT2D eigenvalue weighted by atomic mass is 16.2. The van der Waals surface area contributed by atoms with Crippen molar-refractivity contribution < 1.29 is 4.79 Å². The summed E-state index contributed by atoms with van der Waals surface area (Å²) in [5.74, 6) is 0.270. The number of amides is 1. The van der Waals surface area contributed by atoms with Crippen molar-refractivity contribution in [2.75, 3.05) is 47.3 Å². The second-order valence-corrected chi connectivity index (χ2v) is 7.44. The normalized spacial score (nSPS) is 18.4. The van der Waals surface area contributed by atoms with Gasteiger partial charge in [0.25, 0.3) is 0 Å². The smallest absolute Gasteiger partial charge is 0.227 e. The number of rotatable bonds is 7. The van der Waals surface area contributed by atoms with Crippen LogP contribution < -0.4 is 0 Å². The Morgan fingerprint density at radius 2 is 2.04 bits per heavy atom. The molecule has 1 aromatic rings. The van der Waals surface area contributed by atoms with E-state index in [0.29, 0.717) is 12.5 Å². The van der Waals surface area contributed by atoms with Crippen molar-refractivity contribution >= 4 is 5.91 Å². The SMILES string of the molecule is Cc1cccc(CC(=O)N2CCCC(N(C)CCCN(C)C)C2)c1. The quantitative estimate of drug-likeness (QED) is 0.768. The molecule has 0 bridgehead atoms. The van der Waals surface area contributed by atoms with Crippen LogP contribution in [-0.2, 0) is 11.2 Å². The molecule has 1 amide bonds. The first-order valence-electron chi connectivity index (χ1n) is 9.14. The highest BCUT2D eigenvalue weighted by molar-refractivity contribution is 5.79. The van der Waals surface area contributed by atoms with E-state index < -0.39 is 0 Å². The van der Waals surface area contributed by atoms with Crippen LogP contribution in [0.15, 0.2) is 24.3 Å². The maximum atomic E-state index is 12.7. The van der Waals surface area contributed by atoms with Gasteiger partial charge >= 0.3 is 0 Å². The third kappa shape index (κ3) is 5.91. The monoisotopic (exact) mass is 331 g/mol. The summed E-state index contributed by atoms with van der Waals surface area (Å²) in [5, 5.41) is 0. The summed E-state index contributed by atoms with van der Waals surface area (Å²) in [5.41, 5.74) is 2.35. The summed E-state index contributed by atoms with van der Waals surface area (Å²) in [6.45, 7) is 6.08. The molecule has 4 nitrogen and oxygen atoms in total. The summed E-state index contributed by atoms with van der Waals surface area (Å²) in [6, 6.07) is 8.79. The Hall–Kier alpha value is -1.39. The van der Waals surface area contributed by atoms with Gasteiger partial charge in [0.05, 0.1) is 6.42 Å². The highest BCUT2D eigenvalue weighted by Crippen LogP contribution is 2.17. The summed E-state index contributed by atoms with van der Waals surface area (Å²) in [4.78, 5) is 19.4. The van der Waals surface area contributed by atoms with Crippen molar-refractivity contribution in [1.82, 2.24) is 14.7 Å². The minimum absolute atomic E-state index is 0.270. The lowest BCUT2D eigenvalue weighted by molar-refractivity contribution is -0.132. The zero-order chi connectivity index (χ0) is 17.5. The fourth-order valence-electron chi connectivity index (χ4n) is 3.47. The lowest BCUT2D eigenvalue weighted by Gasteiger charge is -2.38. The lowest BCUT2D eigenvalue weighted by Crippen LogP contribution is -2.49. The number of carbonyl (C=O) groups excluding carboxylic acids is 1. The number of carbonyl (C=O) groups is 1. The first-order valence-corrected chi connectivity index (χ1v) is 9.14. The Balaban J connectivity index is 1.84. The van der Waals surface area contributed by atoms with Crippen molar-refractivity contribution in [3.8, 4) is 0 Å². The first-order chi connectivity index (χ1) is 11.5. The van der Waals surface area contributed by atoms with Gasteiger partial charge in [-0.3, -0.25) is 4.79 Å². The number of nitrogens with zero attached hydrogens (tertiary/aromatic N) is 3. The van der Waals surface area contributed by atoms with Crippen molar-refractivity contribution in [1.29, 1.82) is 0 Å². The van der Waals surface area contributed by atoms with E-state index in [0.717, 1.165) is 38.2 Å². The molecule has 1 saturated heterocycles.